The van der Waals surface area contributed by atoms with Gasteiger partial charge in [-0.1, -0.05) is 6.07 Å². The maximum atomic E-state index is 5.65. The SMILES string of the molecule is Cc1c[c]cc(OC(C)(C)C)c1. The summed E-state index contributed by atoms with van der Waals surface area (Å²) in [6.07, 6.45) is 0. The molecule has 12 heavy (non-hydrogen) atoms. The van der Waals surface area contributed by atoms with E-state index in [1.807, 2.05) is 45.9 Å². The minimum Gasteiger partial charge on any atom is -0.488 e. The molecule has 1 heteroatoms. The molecular weight excluding hydrogens is 148 g/mol. The molecule has 0 atom stereocenters. The average molecular weight is 163 g/mol. The largest absolute Gasteiger partial charge is 0.488 e. The normalized spacial score (nSPS) is 11.3. The molecule has 1 radical (unpaired) electrons. The Labute approximate surface area is 74.4 Å². The van der Waals surface area contributed by atoms with Gasteiger partial charge in [0.2, 0.25) is 0 Å². The Kier molecular flexibility index (Phi) is 2.41. The summed E-state index contributed by atoms with van der Waals surface area (Å²) in [5.74, 6) is 0.891. The number of rotatable bonds is 1. The maximum absolute atomic E-state index is 5.65. The Morgan fingerprint density at radius 1 is 1.25 bits per heavy atom. The van der Waals surface area contributed by atoms with E-state index in [0.717, 1.165) is 5.75 Å². The summed E-state index contributed by atoms with van der Waals surface area (Å²) in [7, 11) is 0. The van der Waals surface area contributed by atoms with Crippen LogP contribution in [0.1, 0.15) is 26.3 Å². The van der Waals surface area contributed by atoms with Crippen molar-refractivity contribution < 1.29 is 4.74 Å². The zero-order valence-corrected chi connectivity index (χ0v) is 8.14. The van der Waals surface area contributed by atoms with Gasteiger partial charge in [0.1, 0.15) is 11.4 Å². The summed E-state index contributed by atoms with van der Waals surface area (Å²) in [5, 5.41) is 0. The lowest BCUT2D eigenvalue weighted by molar-refractivity contribution is 0.131. The van der Waals surface area contributed by atoms with Crippen molar-refractivity contribution in [2.45, 2.75) is 33.3 Å². The quantitative estimate of drug-likeness (QED) is 0.618. The van der Waals surface area contributed by atoms with Gasteiger partial charge in [-0.15, -0.1) is 0 Å². The molecule has 0 fully saturated rings. The van der Waals surface area contributed by atoms with E-state index in [0.29, 0.717) is 0 Å². The first kappa shape index (κ1) is 9.11. The summed E-state index contributed by atoms with van der Waals surface area (Å²) in [6.45, 7) is 8.14. The molecule has 1 aromatic rings. The molecular formula is C11H15O. The number of hydrogen-bond donors (Lipinski definition) is 0. The van der Waals surface area contributed by atoms with Crippen molar-refractivity contribution in [1.29, 1.82) is 0 Å². The predicted octanol–water partition coefficient (Wildman–Crippen LogP) is 2.97. The highest BCUT2D eigenvalue weighted by molar-refractivity contribution is 5.27. The lowest BCUT2D eigenvalue weighted by atomic mass is 10.2. The standard InChI is InChI=1S/C11H15O/c1-9-6-5-7-10(8-9)12-11(2,3)4/h6-8H,1-4H3. The Hall–Kier alpha value is -0.980. The fourth-order valence-corrected chi connectivity index (χ4v) is 0.975. The maximum Gasteiger partial charge on any atom is 0.120 e. The van der Waals surface area contributed by atoms with Gasteiger partial charge in [0.25, 0.3) is 0 Å². The third-order valence-corrected chi connectivity index (χ3v) is 1.33. The van der Waals surface area contributed by atoms with Crippen LogP contribution in [-0.2, 0) is 0 Å². The van der Waals surface area contributed by atoms with Crippen molar-refractivity contribution >= 4 is 0 Å². The van der Waals surface area contributed by atoms with Crippen LogP contribution in [0.4, 0.5) is 0 Å². The van der Waals surface area contributed by atoms with E-state index in [1.54, 1.807) is 0 Å². The first-order valence-electron chi connectivity index (χ1n) is 4.14. The van der Waals surface area contributed by atoms with Crippen LogP contribution in [0.2, 0.25) is 0 Å². The van der Waals surface area contributed by atoms with Crippen LogP contribution in [-0.4, -0.2) is 5.60 Å². The van der Waals surface area contributed by atoms with E-state index in [9.17, 15) is 0 Å². The second-order valence-corrected chi connectivity index (χ2v) is 3.96. The Balaban J connectivity index is 2.77. The summed E-state index contributed by atoms with van der Waals surface area (Å²) in [4.78, 5) is 0. The number of hydrogen-bond acceptors (Lipinski definition) is 1. The van der Waals surface area contributed by atoms with Crippen molar-refractivity contribution in [3.63, 3.8) is 0 Å². The third-order valence-electron chi connectivity index (χ3n) is 1.33. The lowest BCUT2D eigenvalue weighted by Gasteiger charge is -2.21. The Morgan fingerprint density at radius 2 is 1.92 bits per heavy atom. The molecule has 0 spiro atoms. The minimum atomic E-state index is -0.123. The number of benzene rings is 1. The Bertz CT molecular complexity index is 258. The van der Waals surface area contributed by atoms with Crippen LogP contribution in [0, 0.1) is 13.0 Å². The lowest BCUT2D eigenvalue weighted by Crippen LogP contribution is -2.22. The van der Waals surface area contributed by atoms with Crippen LogP contribution < -0.4 is 4.74 Å². The van der Waals surface area contributed by atoms with Gasteiger partial charge in [-0.2, -0.15) is 0 Å². The molecule has 0 aliphatic carbocycles. The molecule has 0 heterocycles. The zero-order valence-electron chi connectivity index (χ0n) is 8.14. The first-order chi connectivity index (χ1) is 5.47. The van der Waals surface area contributed by atoms with Gasteiger partial charge < -0.3 is 4.74 Å². The van der Waals surface area contributed by atoms with E-state index in [2.05, 4.69) is 6.07 Å². The summed E-state index contributed by atoms with van der Waals surface area (Å²) in [6, 6.07) is 8.84. The third kappa shape index (κ3) is 2.95. The molecule has 0 aromatic heterocycles. The molecule has 0 saturated heterocycles. The topological polar surface area (TPSA) is 9.23 Å². The molecule has 1 aromatic carbocycles. The highest BCUT2D eigenvalue weighted by Gasteiger charge is 2.10. The van der Waals surface area contributed by atoms with Gasteiger partial charge in [-0.05, 0) is 51.5 Å². The summed E-state index contributed by atoms with van der Waals surface area (Å²) in [5.41, 5.74) is 1.05. The van der Waals surface area contributed by atoms with Gasteiger partial charge in [-0.3, -0.25) is 0 Å². The predicted molar refractivity (Wildman–Crippen MR) is 50.4 cm³/mol. The fraction of sp³-hybridized carbons (Fsp3) is 0.455. The van der Waals surface area contributed by atoms with E-state index in [4.69, 9.17) is 4.74 Å². The van der Waals surface area contributed by atoms with E-state index in [1.165, 1.54) is 5.56 Å². The van der Waals surface area contributed by atoms with Crippen molar-refractivity contribution in [3.05, 3.63) is 29.8 Å². The highest BCUT2D eigenvalue weighted by atomic mass is 16.5. The summed E-state index contributed by atoms with van der Waals surface area (Å²) >= 11 is 0. The second kappa shape index (κ2) is 3.18. The van der Waals surface area contributed by atoms with Gasteiger partial charge in [0, 0.05) is 0 Å². The van der Waals surface area contributed by atoms with Gasteiger partial charge in [0.05, 0.1) is 0 Å². The molecule has 0 aliphatic heterocycles. The molecule has 0 aliphatic rings. The monoisotopic (exact) mass is 163 g/mol. The molecule has 0 unspecified atom stereocenters. The number of aryl methyl sites for hydroxylation is 1. The highest BCUT2D eigenvalue weighted by Crippen LogP contribution is 2.18. The van der Waals surface area contributed by atoms with Crippen LogP contribution in [0.5, 0.6) is 5.75 Å². The first-order valence-corrected chi connectivity index (χ1v) is 4.14. The van der Waals surface area contributed by atoms with Gasteiger partial charge in [0.15, 0.2) is 0 Å². The van der Waals surface area contributed by atoms with Crippen LogP contribution in [0.25, 0.3) is 0 Å². The Morgan fingerprint density at radius 3 is 2.42 bits per heavy atom. The molecule has 1 rings (SSSR count). The molecule has 1 nitrogen and oxygen atoms in total. The van der Waals surface area contributed by atoms with E-state index < -0.39 is 0 Å². The average Bonchev–Trinajstić information content (AvgIpc) is 1.82. The van der Waals surface area contributed by atoms with Crippen LogP contribution in [0.3, 0.4) is 0 Å². The van der Waals surface area contributed by atoms with Crippen molar-refractivity contribution in [2.75, 3.05) is 0 Å². The van der Waals surface area contributed by atoms with Gasteiger partial charge >= 0.3 is 0 Å². The molecule has 0 saturated carbocycles. The van der Waals surface area contributed by atoms with Gasteiger partial charge in [-0.25, -0.2) is 0 Å². The fourth-order valence-electron chi connectivity index (χ4n) is 0.975. The smallest absolute Gasteiger partial charge is 0.120 e. The van der Waals surface area contributed by atoms with Crippen molar-refractivity contribution in [3.8, 4) is 5.75 Å². The minimum absolute atomic E-state index is 0.123. The zero-order chi connectivity index (χ0) is 9.19. The molecule has 0 amide bonds. The molecule has 0 bridgehead atoms. The van der Waals surface area contributed by atoms with Crippen LogP contribution in [0.15, 0.2) is 18.2 Å². The van der Waals surface area contributed by atoms with Crippen LogP contribution >= 0.6 is 0 Å². The second-order valence-electron chi connectivity index (χ2n) is 3.96. The molecule has 65 valence electrons. The molecule has 0 N–H and O–H groups in total. The summed E-state index contributed by atoms with van der Waals surface area (Å²) < 4.78 is 5.65. The number of ether oxygens (including phenoxy) is 1. The van der Waals surface area contributed by atoms with E-state index >= 15 is 0 Å². The van der Waals surface area contributed by atoms with Crippen molar-refractivity contribution in [2.24, 2.45) is 0 Å². The van der Waals surface area contributed by atoms with E-state index in [-0.39, 0.29) is 5.60 Å². The van der Waals surface area contributed by atoms with Crippen molar-refractivity contribution in [1.82, 2.24) is 0 Å².